The van der Waals surface area contributed by atoms with Gasteiger partial charge in [0, 0.05) is 12.6 Å². The maximum atomic E-state index is 12.6. The van der Waals surface area contributed by atoms with Crippen molar-refractivity contribution in [1.82, 2.24) is 19.7 Å². The molecule has 106 valence electrons. The molecule has 0 aliphatic heterocycles. The first kappa shape index (κ1) is 14.0. The van der Waals surface area contributed by atoms with E-state index in [1.807, 2.05) is 6.92 Å². The average Bonchev–Trinajstić information content (AvgIpc) is 2.89. The van der Waals surface area contributed by atoms with Gasteiger partial charge in [-0.25, -0.2) is 9.97 Å². The van der Waals surface area contributed by atoms with Crippen LogP contribution in [0, 0.1) is 0 Å². The van der Waals surface area contributed by atoms with Crippen LogP contribution in [0.25, 0.3) is 0 Å². The molecule has 0 fully saturated rings. The third kappa shape index (κ3) is 2.61. The summed E-state index contributed by atoms with van der Waals surface area (Å²) < 4.78 is 11.8. The molecule has 0 saturated heterocycles. The smallest absolute Gasteiger partial charge is 0.233 e. The molecule has 0 radical (unpaired) electrons. The second kappa shape index (κ2) is 6.14. The highest BCUT2D eigenvalue weighted by atomic mass is 16.5. The summed E-state index contributed by atoms with van der Waals surface area (Å²) in [6, 6.07) is 1.49. The molecule has 20 heavy (non-hydrogen) atoms. The average molecular weight is 276 g/mol. The van der Waals surface area contributed by atoms with Crippen molar-refractivity contribution in [3.05, 3.63) is 30.0 Å². The number of hydrogen-bond donors (Lipinski definition) is 0. The highest BCUT2D eigenvalue weighted by Crippen LogP contribution is 2.21. The van der Waals surface area contributed by atoms with Crippen LogP contribution in [0.15, 0.2) is 18.6 Å². The van der Waals surface area contributed by atoms with Gasteiger partial charge in [0.1, 0.15) is 12.0 Å². The fourth-order valence-corrected chi connectivity index (χ4v) is 1.82. The number of ether oxygens (including phenoxy) is 2. The second-order valence-corrected chi connectivity index (χ2v) is 4.06. The Balaban J connectivity index is 2.43. The first-order chi connectivity index (χ1) is 9.71. The van der Waals surface area contributed by atoms with E-state index in [1.165, 1.54) is 32.8 Å². The number of aryl methyl sites for hydroxylation is 1. The Labute approximate surface area is 116 Å². The van der Waals surface area contributed by atoms with Gasteiger partial charge in [-0.15, -0.1) is 0 Å². The number of nitrogens with zero attached hydrogens (tertiary/aromatic N) is 4. The summed E-state index contributed by atoms with van der Waals surface area (Å²) in [5.41, 5.74) is 0.628. The zero-order chi connectivity index (χ0) is 14.5. The molecule has 0 saturated carbocycles. The number of ketones is 1. The lowest BCUT2D eigenvalue weighted by molar-refractivity contribution is 0.102. The fraction of sp³-hybridized carbons (Fsp3) is 0.385. The first-order valence-electron chi connectivity index (χ1n) is 6.21. The second-order valence-electron chi connectivity index (χ2n) is 4.06. The molecule has 0 unspecified atom stereocenters. The monoisotopic (exact) mass is 276 g/mol. The van der Waals surface area contributed by atoms with Crippen molar-refractivity contribution in [2.24, 2.45) is 0 Å². The lowest BCUT2D eigenvalue weighted by Gasteiger charge is -2.07. The number of carbonyl (C=O) groups excluding carboxylic acids is 1. The molecular formula is C13H16N4O3. The zero-order valence-electron chi connectivity index (χ0n) is 11.7. The van der Waals surface area contributed by atoms with E-state index in [1.54, 1.807) is 4.68 Å². The van der Waals surface area contributed by atoms with Gasteiger partial charge in [0.15, 0.2) is 11.4 Å². The van der Waals surface area contributed by atoms with E-state index in [4.69, 9.17) is 9.47 Å². The van der Waals surface area contributed by atoms with Crippen LogP contribution in [-0.4, -0.2) is 39.8 Å². The Morgan fingerprint density at radius 2 is 2.10 bits per heavy atom. The van der Waals surface area contributed by atoms with Gasteiger partial charge in [-0.1, -0.05) is 6.92 Å². The van der Waals surface area contributed by atoms with Crippen LogP contribution in [-0.2, 0) is 6.54 Å². The van der Waals surface area contributed by atoms with Gasteiger partial charge >= 0.3 is 0 Å². The highest BCUT2D eigenvalue weighted by molar-refractivity contribution is 6.08. The summed E-state index contributed by atoms with van der Waals surface area (Å²) in [4.78, 5) is 20.4. The minimum absolute atomic E-state index is 0.244. The van der Waals surface area contributed by atoms with E-state index >= 15 is 0 Å². The van der Waals surface area contributed by atoms with Crippen LogP contribution >= 0.6 is 0 Å². The normalized spacial score (nSPS) is 10.3. The van der Waals surface area contributed by atoms with Crippen molar-refractivity contribution in [2.75, 3.05) is 14.2 Å². The Hall–Kier alpha value is -2.44. The fourth-order valence-electron chi connectivity index (χ4n) is 1.82. The van der Waals surface area contributed by atoms with E-state index in [2.05, 4.69) is 15.1 Å². The molecule has 2 aromatic heterocycles. The summed E-state index contributed by atoms with van der Waals surface area (Å²) >= 11 is 0. The van der Waals surface area contributed by atoms with Crippen molar-refractivity contribution in [3.8, 4) is 11.6 Å². The molecule has 0 N–H and O–H groups in total. The molecule has 0 bridgehead atoms. The minimum Gasteiger partial charge on any atom is -0.493 e. The lowest BCUT2D eigenvalue weighted by Crippen LogP contribution is -2.14. The van der Waals surface area contributed by atoms with Gasteiger partial charge in [-0.3, -0.25) is 9.48 Å². The zero-order valence-corrected chi connectivity index (χ0v) is 11.7. The first-order valence-corrected chi connectivity index (χ1v) is 6.21. The number of hydrogen-bond acceptors (Lipinski definition) is 6. The van der Waals surface area contributed by atoms with Crippen LogP contribution < -0.4 is 9.47 Å². The molecular weight excluding hydrogens is 260 g/mol. The van der Waals surface area contributed by atoms with Crippen molar-refractivity contribution in [3.63, 3.8) is 0 Å². The molecule has 0 aliphatic carbocycles. The summed E-state index contributed by atoms with van der Waals surface area (Å²) in [6.45, 7) is 2.64. The highest BCUT2D eigenvalue weighted by Gasteiger charge is 2.22. The third-order valence-electron chi connectivity index (χ3n) is 2.76. The lowest BCUT2D eigenvalue weighted by atomic mass is 10.2. The molecule has 0 spiro atoms. The van der Waals surface area contributed by atoms with Crippen molar-refractivity contribution in [1.29, 1.82) is 0 Å². The van der Waals surface area contributed by atoms with Gasteiger partial charge < -0.3 is 9.47 Å². The van der Waals surface area contributed by atoms with Gasteiger partial charge in [-0.2, -0.15) is 5.10 Å². The van der Waals surface area contributed by atoms with E-state index in [0.29, 0.717) is 23.9 Å². The van der Waals surface area contributed by atoms with Crippen LogP contribution in [0.2, 0.25) is 0 Å². The van der Waals surface area contributed by atoms with Gasteiger partial charge in [0.25, 0.3) is 0 Å². The van der Waals surface area contributed by atoms with Gasteiger partial charge in [-0.05, 0) is 6.42 Å². The summed E-state index contributed by atoms with van der Waals surface area (Å²) in [5, 5.41) is 4.16. The predicted molar refractivity (Wildman–Crippen MR) is 71.1 cm³/mol. The van der Waals surface area contributed by atoms with Crippen molar-refractivity contribution < 1.29 is 14.3 Å². The largest absolute Gasteiger partial charge is 0.493 e. The maximum absolute atomic E-state index is 12.6. The number of carbonyl (C=O) groups is 1. The van der Waals surface area contributed by atoms with Crippen LogP contribution in [0.4, 0.5) is 0 Å². The van der Waals surface area contributed by atoms with E-state index < -0.39 is 0 Å². The summed E-state index contributed by atoms with van der Waals surface area (Å²) in [5.74, 6) is 0.499. The molecule has 0 amide bonds. The number of methoxy groups -OCH3 is 2. The predicted octanol–water partition coefficient (Wildman–Crippen LogP) is 1.33. The molecule has 0 aliphatic rings. The Morgan fingerprint density at radius 1 is 1.30 bits per heavy atom. The molecule has 7 heteroatoms. The Kier molecular flexibility index (Phi) is 4.29. The molecule has 2 heterocycles. The number of rotatable bonds is 6. The molecule has 0 atom stereocenters. The standard InChI is InChI=1S/C13H16N4O3/c1-4-5-17-12(10(19-2)7-16-17)13(18)9-6-11(20-3)15-8-14-9/h6-8H,4-5H2,1-3H3. The van der Waals surface area contributed by atoms with E-state index in [9.17, 15) is 4.79 Å². The van der Waals surface area contributed by atoms with Gasteiger partial charge in [0.2, 0.25) is 11.7 Å². The van der Waals surface area contributed by atoms with Crippen LogP contribution in [0.5, 0.6) is 11.6 Å². The Bertz CT molecular complexity index is 609. The van der Waals surface area contributed by atoms with E-state index in [0.717, 1.165) is 6.42 Å². The summed E-state index contributed by atoms with van der Waals surface area (Å²) in [6.07, 6.45) is 3.68. The number of aromatic nitrogens is 4. The molecule has 2 rings (SSSR count). The third-order valence-corrected chi connectivity index (χ3v) is 2.76. The molecule has 7 nitrogen and oxygen atoms in total. The van der Waals surface area contributed by atoms with Crippen LogP contribution in [0.1, 0.15) is 29.5 Å². The Morgan fingerprint density at radius 3 is 2.75 bits per heavy atom. The topological polar surface area (TPSA) is 79.1 Å². The maximum Gasteiger partial charge on any atom is 0.233 e. The summed E-state index contributed by atoms with van der Waals surface area (Å²) in [7, 11) is 2.99. The van der Waals surface area contributed by atoms with Gasteiger partial charge in [0.05, 0.1) is 20.4 Å². The molecule has 2 aromatic rings. The quantitative estimate of drug-likeness (QED) is 0.741. The van der Waals surface area contributed by atoms with Crippen molar-refractivity contribution >= 4 is 5.78 Å². The SMILES string of the molecule is CCCn1ncc(OC)c1C(=O)c1cc(OC)ncn1. The van der Waals surface area contributed by atoms with E-state index in [-0.39, 0.29) is 11.5 Å². The van der Waals surface area contributed by atoms with Crippen LogP contribution in [0.3, 0.4) is 0 Å². The van der Waals surface area contributed by atoms with Crippen molar-refractivity contribution in [2.45, 2.75) is 19.9 Å². The molecule has 0 aromatic carbocycles. The minimum atomic E-state index is -0.270.